The molecule has 27 heavy (non-hydrogen) atoms. The molecule has 0 fully saturated rings. The van der Waals surface area contributed by atoms with Gasteiger partial charge in [-0.25, -0.2) is 9.97 Å². The monoisotopic (exact) mass is 369 g/mol. The third-order valence-corrected chi connectivity index (χ3v) is 4.01. The van der Waals surface area contributed by atoms with Crippen LogP contribution in [0.5, 0.6) is 0 Å². The highest BCUT2D eigenvalue weighted by Gasteiger charge is 2.34. The lowest BCUT2D eigenvalue weighted by molar-refractivity contribution is -0.136. The second-order valence-corrected chi connectivity index (χ2v) is 6.04. The van der Waals surface area contributed by atoms with Gasteiger partial charge in [0.2, 0.25) is 5.95 Å². The van der Waals surface area contributed by atoms with Gasteiger partial charge in [0.25, 0.3) is 0 Å². The minimum atomic E-state index is -4.48. The first kappa shape index (κ1) is 17.0. The maximum atomic E-state index is 13.4. The fraction of sp³-hybridized carbons (Fsp3) is 0.105. The van der Waals surface area contributed by atoms with E-state index in [4.69, 9.17) is 0 Å². The van der Waals surface area contributed by atoms with Crippen LogP contribution in [0.3, 0.4) is 0 Å². The normalized spacial score (nSPS) is 11.7. The molecule has 0 aliphatic rings. The summed E-state index contributed by atoms with van der Waals surface area (Å²) in [5, 5.41) is 3.33. The van der Waals surface area contributed by atoms with Gasteiger partial charge in [-0.3, -0.25) is 4.98 Å². The summed E-state index contributed by atoms with van der Waals surface area (Å²) < 4.78 is 40.3. The van der Waals surface area contributed by atoms with E-state index >= 15 is 0 Å². The lowest BCUT2D eigenvalue weighted by Gasteiger charge is -2.12. The lowest BCUT2D eigenvalue weighted by Crippen LogP contribution is -2.07. The molecule has 0 atom stereocenters. The number of rotatable bonds is 3. The molecule has 0 saturated carbocycles. The van der Waals surface area contributed by atoms with Gasteiger partial charge in [-0.05, 0) is 43.3 Å². The van der Waals surface area contributed by atoms with E-state index in [1.807, 2.05) is 6.07 Å². The maximum absolute atomic E-state index is 13.4. The van der Waals surface area contributed by atoms with Crippen molar-refractivity contribution in [1.29, 1.82) is 0 Å². The molecule has 8 heteroatoms. The van der Waals surface area contributed by atoms with E-state index in [2.05, 4.69) is 25.3 Å². The number of pyridine rings is 1. The van der Waals surface area contributed by atoms with Gasteiger partial charge in [0.15, 0.2) is 0 Å². The summed E-state index contributed by atoms with van der Waals surface area (Å²) in [4.78, 5) is 15.4. The molecule has 3 aromatic heterocycles. The average Bonchev–Trinajstić information content (AvgIpc) is 3.01. The van der Waals surface area contributed by atoms with E-state index in [9.17, 15) is 13.2 Å². The number of aryl methyl sites for hydroxylation is 1. The summed E-state index contributed by atoms with van der Waals surface area (Å²) in [5.41, 5.74) is 1.46. The number of halogens is 3. The minimum Gasteiger partial charge on any atom is -0.358 e. The van der Waals surface area contributed by atoms with Crippen molar-refractivity contribution in [2.75, 3.05) is 5.32 Å². The summed E-state index contributed by atoms with van der Waals surface area (Å²) in [6.07, 6.45) is -1.31. The zero-order valence-corrected chi connectivity index (χ0v) is 14.2. The van der Waals surface area contributed by atoms with Gasteiger partial charge < -0.3 is 10.3 Å². The van der Waals surface area contributed by atoms with E-state index < -0.39 is 11.7 Å². The molecule has 3 heterocycles. The van der Waals surface area contributed by atoms with E-state index in [1.165, 1.54) is 6.20 Å². The summed E-state index contributed by atoms with van der Waals surface area (Å²) in [6.45, 7) is 1.71. The first-order valence-corrected chi connectivity index (χ1v) is 8.12. The quantitative estimate of drug-likeness (QED) is 0.528. The van der Waals surface area contributed by atoms with Crippen LogP contribution >= 0.6 is 0 Å². The Bertz CT molecular complexity index is 1100. The Hall–Kier alpha value is -3.42. The number of alkyl halides is 3. The van der Waals surface area contributed by atoms with Gasteiger partial charge >= 0.3 is 6.18 Å². The Balaban J connectivity index is 1.74. The molecule has 0 unspecified atom stereocenters. The van der Waals surface area contributed by atoms with Crippen molar-refractivity contribution in [3.05, 3.63) is 66.1 Å². The number of aromatic nitrogens is 4. The molecule has 4 rings (SSSR count). The van der Waals surface area contributed by atoms with E-state index in [-0.39, 0.29) is 17.2 Å². The van der Waals surface area contributed by atoms with Crippen molar-refractivity contribution in [3.8, 4) is 11.4 Å². The summed E-state index contributed by atoms with van der Waals surface area (Å²) in [7, 11) is 0. The van der Waals surface area contributed by atoms with Crippen molar-refractivity contribution >= 4 is 22.5 Å². The van der Waals surface area contributed by atoms with Gasteiger partial charge in [-0.15, -0.1) is 0 Å². The van der Waals surface area contributed by atoms with Crippen LogP contribution in [0.2, 0.25) is 0 Å². The summed E-state index contributed by atoms with van der Waals surface area (Å²) in [6, 6.07) is 11.4. The Morgan fingerprint density at radius 2 is 1.81 bits per heavy atom. The average molecular weight is 369 g/mol. The van der Waals surface area contributed by atoms with Crippen LogP contribution < -0.4 is 5.32 Å². The van der Waals surface area contributed by atoms with Gasteiger partial charge in [0.1, 0.15) is 0 Å². The molecular formula is C19H14F3N5. The largest absolute Gasteiger partial charge is 0.418 e. The number of benzene rings is 1. The van der Waals surface area contributed by atoms with Crippen molar-refractivity contribution in [3.63, 3.8) is 0 Å². The standard InChI is InChI=1S/C19H14F3N5/c1-11-8-12-9-13(10-14(17(12)25-11)19(20,21)22)26-18-24-7-5-16(27-18)15-4-2-3-6-23-15/h2-10,25H,1H3,(H,24,26,27). The van der Waals surface area contributed by atoms with E-state index in [0.717, 1.165) is 6.07 Å². The molecule has 136 valence electrons. The van der Waals surface area contributed by atoms with Crippen molar-refractivity contribution in [2.24, 2.45) is 0 Å². The van der Waals surface area contributed by atoms with Crippen LogP contribution in [0.15, 0.2) is 54.9 Å². The number of hydrogen-bond donors (Lipinski definition) is 2. The third kappa shape index (κ3) is 3.46. The van der Waals surface area contributed by atoms with Crippen molar-refractivity contribution < 1.29 is 13.2 Å². The predicted octanol–water partition coefficient (Wildman–Crippen LogP) is 5.09. The highest BCUT2D eigenvalue weighted by molar-refractivity contribution is 5.88. The molecule has 0 radical (unpaired) electrons. The zero-order chi connectivity index (χ0) is 19.0. The number of H-pyrrole nitrogens is 1. The Labute approximate surface area is 152 Å². The Morgan fingerprint density at radius 3 is 2.56 bits per heavy atom. The SMILES string of the molecule is Cc1cc2cc(Nc3nccc(-c4ccccn4)n3)cc(C(F)(F)F)c2[nH]1. The van der Waals surface area contributed by atoms with Crippen LogP contribution in [-0.4, -0.2) is 19.9 Å². The highest BCUT2D eigenvalue weighted by Crippen LogP contribution is 2.37. The van der Waals surface area contributed by atoms with Crippen LogP contribution in [0.25, 0.3) is 22.3 Å². The predicted molar refractivity (Wildman–Crippen MR) is 96.6 cm³/mol. The van der Waals surface area contributed by atoms with Crippen molar-refractivity contribution in [1.82, 2.24) is 19.9 Å². The lowest BCUT2D eigenvalue weighted by atomic mass is 10.1. The van der Waals surface area contributed by atoms with Crippen LogP contribution in [0, 0.1) is 6.92 Å². The molecule has 0 aliphatic carbocycles. The second-order valence-electron chi connectivity index (χ2n) is 6.04. The van der Waals surface area contributed by atoms with Crippen LogP contribution in [0.4, 0.5) is 24.8 Å². The summed E-state index contributed by atoms with van der Waals surface area (Å²) in [5.74, 6) is 0.192. The molecule has 0 amide bonds. The number of nitrogens with one attached hydrogen (secondary N) is 2. The Morgan fingerprint density at radius 1 is 0.963 bits per heavy atom. The number of hydrogen-bond acceptors (Lipinski definition) is 4. The van der Waals surface area contributed by atoms with Gasteiger partial charge in [0, 0.05) is 29.2 Å². The highest BCUT2D eigenvalue weighted by atomic mass is 19.4. The fourth-order valence-corrected chi connectivity index (χ4v) is 2.89. The fourth-order valence-electron chi connectivity index (χ4n) is 2.89. The molecule has 0 bridgehead atoms. The minimum absolute atomic E-state index is 0.0636. The molecule has 0 spiro atoms. The molecule has 1 aromatic carbocycles. The number of aromatic amines is 1. The number of nitrogens with zero attached hydrogens (tertiary/aromatic N) is 3. The molecule has 5 nitrogen and oxygen atoms in total. The van der Waals surface area contributed by atoms with E-state index in [1.54, 1.807) is 43.5 Å². The third-order valence-electron chi connectivity index (χ3n) is 4.01. The van der Waals surface area contributed by atoms with Gasteiger partial charge in [-0.1, -0.05) is 6.07 Å². The first-order valence-electron chi connectivity index (χ1n) is 8.12. The topological polar surface area (TPSA) is 66.5 Å². The second kappa shape index (κ2) is 6.39. The van der Waals surface area contributed by atoms with Gasteiger partial charge in [0.05, 0.1) is 22.5 Å². The smallest absolute Gasteiger partial charge is 0.358 e. The van der Waals surface area contributed by atoms with Crippen LogP contribution in [0.1, 0.15) is 11.3 Å². The van der Waals surface area contributed by atoms with Gasteiger partial charge in [-0.2, -0.15) is 13.2 Å². The molecule has 2 N–H and O–H groups in total. The number of fused-ring (bicyclic) bond motifs is 1. The maximum Gasteiger partial charge on any atom is 0.418 e. The number of anilines is 2. The van der Waals surface area contributed by atoms with Crippen LogP contribution in [-0.2, 0) is 6.18 Å². The van der Waals surface area contributed by atoms with E-state index in [0.29, 0.717) is 22.5 Å². The molecular weight excluding hydrogens is 355 g/mol. The first-order chi connectivity index (χ1) is 12.9. The molecule has 0 aliphatic heterocycles. The zero-order valence-electron chi connectivity index (χ0n) is 14.2. The molecule has 0 saturated heterocycles. The summed E-state index contributed by atoms with van der Waals surface area (Å²) >= 11 is 0. The Kier molecular flexibility index (Phi) is 4.02. The molecule has 4 aromatic rings. The van der Waals surface area contributed by atoms with Crippen molar-refractivity contribution in [2.45, 2.75) is 13.1 Å².